The average molecular weight is 296 g/mol. The van der Waals surface area contributed by atoms with E-state index in [-0.39, 0.29) is 23.3 Å². The molecule has 0 aliphatic heterocycles. The van der Waals surface area contributed by atoms with Crippen molar-refractivity contribution >= 4 is 17.6 Å². The second-order valence-electron chi connectivity index (χ2n) is 3.84. The first-order valence-electron chi connectivity index (χ1n) is 5.88. The van der Waals surface area contributed by atoms with Crippen LogP contribution in [0.15, 0.2) is 36.5 Å². The van der Waals surface area contributed by atoms with Crippen molar-refractivity contribution in [2.24, 2.45) is 0 Å². The van der Waals surface area contributed by atoms with Crippen LogP contribution < -0.4 is 9.47 Å². The van der Waals surface area contributed by atoms with Crippen LogP contribution in [0.1, 0.15) is 13.3 Å². The summed E-state index contributed by atoms with van der Waals surface area (Å²) in [6, 6.07) is 7.32. The SMILES string of the molecule is CCC(=O)Oc1ccc(Oc2ncc(Cl)cc2F)cc1. The number of ether oxygens (including phenoxy) is 2. The molecule has 0 saturated heterocycles. The van der Waals surface area contributed by atoms with Gasteiger partial charge in [-0.2, -0.15) is 0 Å². The molecule has 1 aromatic carbocycles. The molecule has 0 atom stereocenters. The van der Waals surface area contributed by atoms with Crippen LogP contribution in [0.25, 0.3) is 0 Å². The predicted octanol–water partition coefficient (Wildman–Crippen LogP) is 3.98. The lowest BCUT2D eigenvalue weighted by atomic mass is 10.3. The Balaban J connectivity index is 2.08. The third kappa shape index (κ3) is 3.68. The normalized spacial score (nSPS) is 10.2. The van der Waals surface area contributed by atoms with E-state index in [1.807, 2.05) is 0 Å². The molecule has 2 rings (SSSR count). The van der Waals surface area contributed by atoms with Crippen molar-refractivity contribution in [1.29, 1.82) is 0 Å². The van der Waals surface area contributed by atoms with Crippen molar-refractivity contribution in [3.63, 3.8) is 0 Å². The summed E-state index contributed by atoms with van der Waals surface area (Å²) in [4.78, 5) is 14.9. The Kier molecular flexibility index (Phi) is 4.53. The molecular weight excluding hydrogens is 285 g/mol. The Morgan fingerprint density at radius 2 is 1.95 bits per heavy atom. The quantitative estimate of drug-likeness (QED) is 0.632. The van der Waals surface area contributed by atoms with Gasteiger partial charge < -0.3 is 9.47 Å². The fourth-order valence-electron chi connectivity index (χ4n) is 1.37. The van der Waals surface area contributed by atoms with Gasteiger partial charge in [0.15, 0.2) is 5.82 Å². The maximum absolute atomic E-state index is 13.5. The Labute approximate surface area is 120 Å². The summed E-state index contributed by atoms with van der Waals surface area (Å²) in [5.41, 5.74) is 0. The minimum atomic E-state index is -0.654. The topological polar surface area (TPSA) is 48.4 Å². The van der Waals surface area contributed by atoms with E-state index in [0.717, 1.165) is 6.07 Å². The zero-order valence-electron chi connectivity index (χ0n) is 10.6. The number of pyridine rings is 1. The van der Waals surface area contributed by atoms with Crippen molar-refractivity contribution in [2.45, 2.75) is 13.3 Å². The highest BCUT2D eigenvalue weighted by molar-refractivity contribution is 6.30. The number of hydrogen-bond donors (Lipinski definition) is 0. The maximum atomic E-state index is 13.5. The molecule has 20 heavy (non-hydrogen) atoms. The number of aromatic nitrogens is 1. The lowest BCUT2D eigenvalue weighted by Crippen LogP contribution is -2.05. The molecule has 104 valence electrons. The Bertz CT molecular complexity index is 616. The zero-order chi connectivity index (χ0) is 14.5. The Morgan fingerprint density at radius 3 is 2.55 bits per heavy atom. The van der Waals surface area contributed by atoms with Crippen LogP contribution in [0.5, 0.6) is 17.4 Å². The highest BCUT2D eigenvalue weighted by Gasteiger charge is 2.08. The molecule has 0 amide bonds. The molecule has 0 bridgehead atoms. The molecule has 0 aliphatic carbocycles. The number of hydrogen-bond acceptors (Lipinski definition) is 4. The van der Waals surface area contributed by atoms with Crippen molar-refractivity contribution in [2.75, 3.05) is 0 Å². The number of carbonyl (C=O) groups is 1. The van der Waals surface area contributed by atoms with Gasteiger partial charge in [-0.25, -0.2) is 9.37 Å². The van der Waals surface area contributed by atoms with Gasteiger partial charge in [-0.05, 0) is 30.3 Å². The Morgan fingerprint density at radius 1 is 1.30 bits per heavy atom. The minimum Gasteiger partial charge on any atom is -0.436 e. The second-order valence-corrected chi connectivity index (χ2v) is 4.28. The highest BCUT2D eigenvalue weighted by Crippen LogP contribution is 2.25. The minimum absolute atomic E-state index is 0.173. The molecular formula is C14H11ClFNO3. The van der Waals surface area contributed by atoms with Crippen molar-refractivity contribution in [1.82, 2.24) is 4.98 Å². The number of carbonyl (C=O) groups excluding carboxylic acids is 1. The van der Waals surface area contributed by atoms with E-state index >= 15 is 0 Å². The molecule has 0 saturated carbocycles. The molecule has 0 radical (unpaired) electrons. The van der Waals surface area contributed by atoms with Gasteiger partial charge in [0, 0.05) is 12.6 Å². The molecule has 0 unspecified atom stereocenters. The summed E-state index contributed by atoms with van der Waals surface area (Å²) < 4.78 is 23.8. The molecule has 0 spiro atoms. The van der Waals surface area contributed by atoms with E-state index in [4.69, 9.17) is 21.1 Å². The fourth-order valence-corrected chi connectivity index (χ4v) is 1.51. The monoisotopic (exact) mass is 295 g/mol. The molecule has 1 aromatic heterocycles. The molecule has 0 aliphatic rings. The van der Waals surface area contributed by atoms with E-state index in [0.29, 0.717) is 11.5 Å². The van der Waals surface area contributed by atoms with Gasteiger partial charge in [-0.3, -0.25) is 4.79 Å². The van der Waals surface area contributed by atoms with E-state index in [2.05, 4.69) is 4.98 Å². The van der Waals surface area contributed by atoms with Crippen molar-refractivity contribution in [3.05, 3.63) is 47.4 Å². The van der Waals surface area contributed by atoms with E-state index < -0.39 is 5.82 Å². The standard InChI is InChI=1S/C14H11ClFNO3/c1-2-13(18)19-10-3-5-11(6-4-10)20-14-12(16)7-9(15)8-17-14/h3-8H,2H2,1H3. The van der Waals surface area contributed by atoms with E-state index in [1.54, 1.807) is 31.2 Å². The third-order valence-corrected chi connectivity index (χ3v) is 2.54. The molecule has 0 fully saturated rings. The van der Waals surface area contributed by atoms with Crippen LogP contribution in [0.4, 0.5) is 4.39 Å². The fraction of sp³-hybridized carbons (Fsp3) is 0.143. The molecule has 1 heterocycles. The van der Waals surface area contributed by atoms with Crippen LogP contribution in [-0.4, -0.2) is 11.0 Å². The third-order valence-electron chi connectivity index (χ3n) is 2.33. The molecule has 4 nitrogen and oxygen atoms in total. The van der Waals surface area contributed by atoms with E-state index in [1.165, 1.54) is 6.20 Å². The number of benzene rings is 1. The Hall–Kier alpha value is -2.14. The van der Waals surface area contributed by atoms with Crippen LogP contribution in [0, 0.1) is 5.82 Å². The summed E-state index contributed by atoms with van der Waals surface area (Å²) in [5.74, 6) is -0.389. The number of esters is 1. The van der Waals surface area contributed by atoms with Gasteiger partial charge in [-0.15, -0.1) is 0 Å². The molecule has 0 N–H and O–H groups in total. The van der Waals surface area contributed by atoms with Crippen molar-refractivity contribution < 1.29 is 18.7 Å². The summed E-state index contributed by atoms with van der Waals surface area (Å²) >= 11 is 5.60. The first kappa shape index (κ1) is 14.3. The van der Waals surface area contributed by atoms with Gasteiger partial charge in [0.1, 0.15) is 11.5 Å². The van der Waals surface area contributed by atoms with Gasteiger partial charge in [0.2, 0.25) is 0 Å². The van der Waals surface area contributed by atoms with Crippen LogP contribution in [0.3, 0.4) is 0 Å². The van der Waals surface area contributed by atoms with Gasteiger partial charge in [-0.1, -0.05) is 18.5 Å². The van der Waals surface area contributed by atoms with Gasteiger partial charge in [0.05, 0.1) is 5.02 Å². The summed E-state index contributed by atoms with van der Waals surface area (Å²) in [7, 11) is 0. The number of halogens is 2. The van der Waals surface area contributed by atoms with Gasteiger partial charge in [0.25, 0.3) is 5.88 Å². The number of rotatable bonds is 4. The van der Waals surface area contributed by atoms with Gasteiger partial charge >= 0.3 is 5.97 Å². The first-order valence-corrected chi connectivity index (χ1v) is 6.26. The van der Waals surface area contributed by atoms with Crippen LogP contribution in [-0.2, 0) is 4.79 Å². The summed E-state index contributed by atoms with van der Waals surface area (Å²) in [5, 5.41) is 0.191. The predicted molar refractivity (Wildman–Crippen MR) is 71.6 cm³/mol. The van der Waals surface area contributed by atoms with E-state index in [9.17, 15) is 9.18 Å². The highest BCUT2D eigenvalue weighted by atomic mass is 35.5. The smallest absolute Gasteiger partial charge is 0.310 e. The van der Waals surface area contributed by atoms with Crippen molar-refractivity contribution in [3.8, 4) is 17.4 Å². The maximum Gasteiger partial charge on any atom is 0.310 e. The number of nitrogens with zero attached hydrogens (tertiary/aromatic N) is 1. The lowest BCUT2D eigenvalue weighted by molar-refractivity contribution is -0.134. The average Bonchev–Trinajstić information content (AvgIpc) is 2.44. The summed E-state index contributed by atoms with van der Waals surface area (Å²) in [6.07, 6.45) is 1.58. The molecule has 2 aromatic rings. The van der Waals surface area contributed by atoms with Crippen LogP contribution >= 0.6 is 11.6 Å². The summed E-state index contributed by atoms with van der Waals surface area (Å²) in [6.45, 7) is 1.70. The largest absolute Gasteiger partial charge is 0.436 e. The molecule has 6 heteroatoms. The second kappa shape index (κ2) is 6.34. The zero-order valence-corrected chi connectivity index (χ0v) is 11.4. The first-order chi connectivity index (χ1) is 9.58. The van der Waals surface area contributed by atoms with Crippen LogP contribution in [0.2, 0.25) is 5.02 Å². The lowest BCUT2D eigenvalue weighted by Gasteiger charge is -2.07.